The lowest BCUT2D eigenvalue weighted by Gasteiger charge is -2.28. The fourth-order valence-corrected chi connectivity index (χ4v) is 3.66. The van der Waals surface area contributed by atoms with Gasteiger partial charge < -0.3 is 10.1 Å². The first-order valence-corrected chi connectivity index (χ1v) is 9.13. The minimum absolute atomic E-state index is 0. The number of ether oxygens (including phenoxy) is 1. The summed E-state index contributed by atoms with van der Waals surface area (Å²) in [5.74, 6) is 0.931. The van der Waals surface area contributed by atoms with Crippen molar-refractivity contribution in [1.82, 2.24) is 4.90 Å². The van der Waals surface area contributed by atoms with E-state index in [0.29, 0.717) is 13.0 Å². The minimum atomic E-state index is 0. The molecular weight excluding hydrogens is 348 g/mol. The van der Waals surface area contributed by atoms with E-state index in [-0.39, 0.29) is 18.3 Å². The zero-order valence-electron chi connectivity index (χ0n) is 14.9. The van der Waals surface area contributed by atoms with Crippen LogP contribution in [0.5, 0.6) is 5.75 Å². The highest BCUT2D eigenvalue weighted by molar-refractivity contribution is 5.94. The third-order valence-corrected chi connectivity index (χ3v) is 5.07. The molecule has 1 amide bonds. The fourth-order valence-electron chi connectivity index (χ4n) is 3.66. The van der Waals surface area contributed by atoms with Gasteiger partial charge in [0.2, 0.25) is 5.91 Å². The molecular formula is C21H25ClN2O2. The molecule has 0 unspecified atom stereocenters. The first-order valence-electron chi connectivity index (χ1n) is 9.13. The van der Waals surface area contributed by atoms with Gasteiger partial charge in [0, 0.05) is 37.8 Å². The van der Waals surface area contributed by atoms with Gasteiger partial charge in [0.05, 0.1) is 6.61 Å². The molecule has 0 saturated heterocycles. The van der Waals surface area contributed by atoms with Crippen LogP contribution in [0, 0.1) is 0 Å². The third-order valence-electron chi connectivity index (χ3n) is 5.07. The Hall–Kier alpha value is -2.04. The molecule has 2 aliphatic rings. The second-order valence-electron chi connectivity index (χ2n) is 6.86. The molecule has 4 nitrogen and oxygen atoms in total. The van der Waals surface area contributed by atoms with Crippen LogP contribution < -0.4 is 10.1 Å². The Bertz CT molecular complexity index is 778. The van der Waals surface area contributed by atoms with Crippen LogP contribution in [0.1, 0.15) is 29.5 Å². The van der Waals surface area contributed by atoms with Gasteiger partial charge in [0.15, 0.2) is 0 Å². The number of nitrogens with zero attached hydrogens (tertiary/aromatic N) is 1. The number of aryl methyl sites for hydroxylation is 1. The van der Waals surface area contributed by atoms with Gasteiger partial charge in [-0.05, 0) is 42.0 Å². The molecule has 26 heavy (non-hydrogen) atoms. The molecule has 0 radical (unpaired) electrons. The topological polar surface area (TPSA) is 41.6 Å². The Morgan fingerprint density at radius 1 is 1.00 bits per heavy atom. The molecule has 0 fully saturated rings. The molecule has 1 N–H and O–H groups in total. The summed E-state index contributed by atoms with van der Waals surface area (Å²) in [4.78, 5) is 14.0. The molecule has 4 rings (SSSR count). The van der Waals surface area contributed by atoms with Crippen molar-refractivity contribution in [2.24, 2.45) is 0 Å². The quantitative estimate of drug-likeness (QED) is 0.811. The van der Waals surface area contributed by atoms with E-state index in [2.05, 4.69) is 40.5 Å². The highest BCUT2D eigenvalue weighted by atomic mass is 35.5. The van der Waals surface area contributed by atoms with Gasteiger partial charge in [0.25, 0.3) is 0 Å². The Kier molecular flexibility index (Phi) is 6.17. The Balaban J connectivity index is 0.00000196. The van der Waals surface area contributed by atoms with E-state index < -0.39 is 0 Å². The summed E-state index contributed by atoms with van der Waals surface area (Å²) < 4.78 is 5.89. The van der Waals surface area contributed by atoms with Crippen LogP contribution in [0.15, 0.2) is 42.5 Å². The number of hydrogen-bond donors (Lipinski definition) is 1. The monoisotopic (exact) mass is 372 g/mol. The molecule has 0 spiro atoms. The molecule has 0 aromatic heterocycles. The van der Waals surface area contributed by atoms with E-state index in [4.69, 9.17) is 4.74 Å². The molecule has 0 atom stereocenters. The standard InChI is InChI=1S/C21H24N2O2.ClH/c24-21-9-7-17-6-8-19(14-20(17)22-21)25-13-3-11-23-12-10-16-4-1-2-5-18(16)15-23;/h1-2,4-6,8,14H,3,7,9-13,15H2,(H,22,24);1H. The van der Waals surface area contributed by atoms with Gasteiger partial charge >= 0.3 is 0 Å². The van der Waals surface area contributed by atoms with Crippen molar-refractivity contribution in [3.8, 4) is 5.75 Å². The SMILES string of the molecule is Cl.O=C1CCc2ccc(OCCCN3CCc4ccccc4C3)cc2N1. The summed E-state index contributed by atoms with van der Waals surface area (Å²) in [6.07, 6.45) is 3.54. The first-order chi connectivity index (χ1) is 12.3. The second-order valence-corrected chi connectivity index (χ2v) is 6.86. The highest BCUT2D eigenvalue weighted by Crippen LogP contribution is 2.27. The maximum absolute atomic E-state index is 11.5. The van der Waals surface area contributed by atoms with E-state index in [9.17, 15) is 4.79 Å². The molecule has 0 saturated carbocycles. The van der Waals surface area contributed by atoms with Crippen molar-refractivity contribution in [3.05, 3.63) is 59.2 Å². The van der Waals surface area contributed by atoms with Gasteiger partial charge in [0.1, 0.15) is 5.75 Å². The zero-order chi connectivity index (χ0) is 17.1. The van der Waals surface area contributed by atoms with Crippen molar-refractivity contribution in [2.45, 2.75) is 32.2 Å². The zero-order valence-corrected chi connectivity index (χ0v) is 15.7. The van der Waals surface area contributed by atoms with Gasteiger partial charge in [-0.3, -0.25) is 9.69 Å². The van der Waals surface area contributed by atoms with E-state index in [0.717, 1.165) is 50.3 Å². The van der Waals surface area contributed by atoms with Gasteiger partial charge in [-0.25, -0.2) is 0 Å². The first kappa shape index (κ1) is 18.7. The second kappa shape index (κ2) is 8.56. The number of rotatable bonds is 5. The summed E-state index contributed by atoms with van der Waals surface area (Å²) in [7, 11) is 0. The van der Waals surface area contributed by atoms with Gasteiger partial charge in [-0.1, -0.05) is 30.3 Å². The fraction of sp³-hybridized carbons (Fsp3) is 0.381. The van der Waals surface area contributed by atoms with Crippen LogP contribution in [0.2, 0.25) is 0 Å². The highest BCUT2D eigenvalue weighted by Gasteiger charge is 2.16. The lowest BCUT2D eigenvalue weighted by molar-refractivity contribution is -0.116. The van der Waals surface area contributed by atoms with E-state index in [1.807, 2.05) is 12.1 Å². The van der Waals surface area contributed by atoms with Crippen molar-refractivity contribution in [1.29, 1.82) is 0 Å². The Labute approximate surface area is 160 Å². The van der Waals surface area contributed by atoms with E-state index in [1.54, 1.807) is 0 Å². The number of anilines is 1. The van der Waals surface area contributed by atoms with E-state index in [1.165, 1.54) is 16.7 Å². The predicted octanol–water partition coefficient (Wildman–Crippen LogP) is 3.82. The molecule has 2 aliphatic heterocycles. The minimum Gasteiger partial charge on any atom is -0.493 e. The number of hydrogen-bond acceptors (Lipinski definition) is 3. The number of benzene rings is 2. The number of fused-ring (bicyclic) bond motifs is 2. The summed E-state index contributed by atoms with van der Waals surface area (Å²) >= 11 is 0. The van der Waals surface area contributed by atoms with Crippen LogP contribution >= 0.6 is 12.4 Å². The Morgan fingerprint density at radius 3 is 2.73 bits per heavy atom. The lowest BCUT2D eigenvalue weighted by atomic mass is 10.00. The molecule has 2 aromatic rings. The number of nitrogens with one attached hydrogen (secondary N) is 1. The van der Waals surface area contributed by atoms with Gasteiger partial charge in [-0.2, -0.15) is 0 Å². The van der Waals surface area contributed by atoms with Crippen molar-refractivity contribution in [3.63, 3.8) is 0 Å². The lowest BCUT2D eigenvalue weighted by Crippen LogP contribution is -2.31. The van der Waals surface area contributed by atoms with Crippen LogP contribution in [0.25, 0.3) is 0 Å². The molecule has 0 bridgehead atoms. The van der Waals surface area contributed by atoms with Crippen molar-refractivity contribution < 1.29 is 9.53 Å². The summed E-state index contributed by atoms with van der Waals surface area (Å²) in [6, 6.07) is 14.7. The summed E-state index contributed by atoms with van der Waals surface area (Å²) in [6.45, 7) is 3.92. The molecule has 2 aromatic carbocycles. The van der Waals surface area contributed by atoms with Crippen LogP contribution in [-0.4, -0.2) is 30.5 Å². The average molecular weight is 373 g/mol. The molecule has 138 valence electrons. The number of carbonyl (C=O) groups excluding carboxylic acids is 1. The maximum atomic E-state index is 11.5. The van der Waals surface area contributed by atoms with Crippen LogP contribution in [0.4, 0.5) is 5.69 Å². The smallest absolute Gasteiger partial charge is 0.224 e. The largest absolute Gasteiger partial charge is 0.493 e. The number of halogens is 1. The normalized spacial score (nSPS) is 16.1. The molecule has 0 aliphatic carbocycles. The molecule has 2 heterocycles. The number of carbonyl (C=O) groups is 1. The van der Waals surface area contributed by atoms with E-state index >= 15 is 0 Å². The van der Waals surface area contributed by atoms with Crippen molar-refractivity contribution >= 4 is 24.0 Å². The summed E-state index contributed by atoms with van der Waals surface area (Å²) in [5.41, 5.74) is 5.05. The third kappa shape index (κ3) is 4.37. The predicted molar refractivity (Wildman–Crippen MR) is 106 cm³/mol. The number of amides is 1. The summed E-state index contributed by atoms with van der Waals surface area (Å²) in [5, 5.41) is 2.92. The van der Waals surface area contributed by atoms with Gasteiger partial charge in [-0.15, -0.1) is 12.4 Å². The van der Waals surface area contributed by atoms with Crippen LogP contribution in [-0.2, 0) is 24.2 Å². The van der Waals surface area contributed by atoms with Crippen LogP contribution in [0.3, 0.4) is 0 Å². The molecule has 5 heteroatoms. The Morgan fingerprint density at radius 2 is 1.85 bits per heavy atom. The maximum Gasteiger partial charge on any atom is 0.224 e. The average Bonchev–Trinajstić information content (AvgIpc) is 2.65. The van der Waals surface area contributed by atoms with Crippen molar-refractivity contribution in [2.75, 3.05) is 25.0 Å².